The fourth-order valence-electron chi connectivity index (χ4n) is 5.62. The molecular formula is C25H28Cl2N4O. The van der Waals surface area contributed by atoms with E-state index in [2.05, 4.69) is 29.2 Å². The number of halogens is 2. The van der Waals surface area contributed by atoms with Gasteiger partial charge in [-0.25, -0.2) is 4.98 Å². The first kappa shape index (κ1) is 21.7. The van der Waals surface area contributed by atoms with E-state index in [1.165, 1.54) is 11.1 Å². The van der Waals surface area contributed by atoms with Crippen molar-refractivity contribution >= 4 is 34.7 Å². The van der Waals surface area contributed by atoms with Gasteiger partial charge < -0.3 is 10.6 Å². The summed E-state index contributed by atoms with van der Waals surface area (Å²) < 4.78 is 1.59. The van der Waals surface area contributed by atoms with Crippen LogP contribution in [0.2, 0.25) is 0 Å². The van der Waals surface area contributed by atoms with E-state index < -0.39 is 0 Å². The molecule has 0 amide bonds. The van der Waals surface area contributed by atoms with Crippen LogP contribution in [0.4, 0.5) is 5.82 Å². The number of anilines is 1. The van der Waals surface area contributed by atoms with Crippen molar-refractivity contribution in [3.63, 3.8) is 0 Å². The van der Waals surface area contributed by atoms with Crippen molar-refractivity contribution in [2.24, 2.45) is 11.1 Å². The summed E-state index contributed by atoms with van der Waals surface area (Å²) in [7, 11) is 0. The summed E-state index contributed by atoms with van der Waals surface area (Å²) in [6.45, 7) is 5.39. The molecule has 2 aromatic rings. The Kier molecular flexibility index (Phi) is 5.47. The largest absolute Gasteiger partial charge is 0.356 e. The zero-order chi connectivity index (χ0) is 22.6. The highest BCUT2D eigenvalue weighted by molar-refractivity contribution is 6.43. The van der Waals surface area contributed by atoms with Crippen molar-refractivity contribution in [3.8, 4) is 0 Å². The maximum Gasteiger partial charge on any atom is 0.263 e. The number of aromatic nitrogens is 2. The number of hydrogen-bond donors (Lipinski definition) is 1. The van der Waals surface area contributed by atoms with Crippen LogP contribution in [0.25, 0.3) is 5.70 Å². The Morgan fingerprint density at radius 1 is 1.16 bits per heavy atom. The first-order chi connectivity index (χ1) is 15.3. The predicted octanol–water partition coefficient (Wildman–Crippen LogP) is 5.03. The summed E-state index contributed by atoms with van der Waals surface area (Å²) in [5.41, 5.74) is 10.7. The van der Waals surface area contributed by atoms with Gasteiger partial charge in [0.25, 0.3) is 5.56 Å². The second kappa shape index (κ2) is 8.05. The number of piperidine rings is 1. The Bertz CT molecular complexity index is 1200. The van der Waals surface area contributed by atoms with E-state index in [0.717, 1.165) is 44.6 Å². The second-order valence-electron chi connectivity index (χ2n) is 9.30. The Balaban J connectivity index is 1.42. The molecular weight excluding hydrogens is 443 g/mol. The fourth-order valence-corrected chi connectivity index (χ4v) is 6.08. The molecule has 0 saturated carbocycles. The number of nitrogens with two attached hydrogens (primary N) is 1. The highest BCUT2D eigenvalue weighted by Crippen LogP contribution is 2.51. The molecule has 1 aromatic heterocycles. The van der Waals surface area contributed by atoms with Crippen molar-refractivity contribution in [2.45, 2.75) is 52.0 Å². The van der Waals surface area contributed by atoms with Gasteiger partial charge >= 0.3 is 0 Å². The molecule has 1 spiro atoms. The standard InChI is InChI=1S/C25H28Cl2N4O/c1-15-23(29-16(2)31(24(15)32)20-9-5-8-19(26)21(20)27)30-12-10-25(11-13-30)14-17-6-3-4-7-18(17)22(25)28/h3-4,6-7,9,22H,5,8,10-14,28H2,1-2H3/t22-/m0/s1. The molecule has 1 aliphatic heterocycles. The lowest BCUT2D eigenvalue weighted by atomic mass is 9.73. The van der Waals surface area contributed by atoms with Crippen LogP contribution in [0.3, 0.4) is 0 Å². The number of benzene rings is 1. The third kappa shape index (κ3) is 3.33. The maximum absolute atomic E-state index is 13.4. The number of rotatable bonds is 2. The smallest absolute Gasteiger partial charge is 0.263 e. The first-order valence-electron chi connectivity index (χ1n) is 11.3. The zero-order valence-corrected chi connectivity index (χ0v) is 20.0. The third-order valence-corrected chi connectivity index (χ3v) is 8.40. The van der Waals surface area contributed by atoms with E-state index in [1.807, 2.05) is 19.9 Å². The van der Waals surface area contributed by atoms with Gasteiger partial charge in [-0.2, -0.15) is 0 Å². The quantitative estimate of drug-likeness (QED) is 0.668. The van der Waals surface area contributed by atoms with Crippen LogP contribution in [-0.2, 0) is 6.42 Å². The maximum atomic E-state index is 13.4. The Morgan fingerprint density at radius 2 is 1.88 bits per heavy atom. The molecule has 0 unspecified atom stereocenters. The molecule has 2 heterocycles. The fraction of sp³-hybridized carbons (Fsp3) is 0.440. The van der Waals surface area contributed by atoms with Crippen molar-refractivity contribution in [1.82, 2.24) is 9.55 Å². The average molecular weight is 471 g/mol. The SMILES string of the molecule is Cc1c(N2CCC3(CC2)Cc2ccccc2[C@@H]3N)nc(C)n(C2=CCCC(Cl)=C2Cl)c1=O. The Labute approximate surface area is 198 Å². The highest BCUT2D eigenvalue weighted by atomic mass is 35.5. The highest BCUT2D eigenvalue weighted by Gasteiger charge is 2.46. The van der Waals surface area contributed by atoms with E-state index in [1.54, 1.807) is 4.57 Å². The summed E-state index contributed by atoms with van der Waals surface area (Å²) in [5, 5.41) is 1.03. The molecule has 0 radical (unpaired) electrons. The molecule has 1 atom stereocenters. The van der Waals surface area contributed by atoms with E-state index >= 15 is 0 Å². The normalized spacial score (nSPS) is 22.3. The molecule has 2 N–H and O–H groups in total. The zero-order valence-electron chi connectivity index (χ0n) is 18.5. The van der Waals surface area contributed by atoms with E-state index in [0.29, 0.717) is 33.6 Å². The van der Waals surface area contributed by atoms with Gasteiger partial charge in [-0.15, -0.1) is 0 Å². The van der Waals surface area contributed by atoms with Gasteiger partial charge in [0.05, 0.1) is 16.3 Å². The number of nitrogens with zero attached hydrogens (tertiary/aromatic N) is 3. The van der Waals surface area contributed by atoms with Crippen LogP contribution in [0.1, 0.15) is 54.2 Å². The topological polar surface area (TPSA) is 64.2 Å². The molecule has 2 aliphatic carbocycles. The van der Waals surface area contributed by atoms with Gasteiger partial charge in [-0.3, -0.25) is 9.36 Å². The van der Waals surface area contributed by atoms with Crippen LogP contribution in [0.5, 0.6) is 0 Å². The van der Waals surface area contributed by atoms with Crippen LogP contribution in [0.15, 0.2) is 45.2 Å². The molecule has 5 rings (SSSR count). The van der Waals surface area contributed by atoms with Crippen LogP contribution < -0.4 is 16.2 Å². The monoisotopic (exact) mass is 470 g/mol. The lowest BCUT2D eigenvalue weighted by Gasteiger charge is -2.43. The molecule has 0 bridgehead atoms. The lowest BCUT2D eigenvalue weighted by molar-refractivity contribution is 0.187. The lowest BCUT2D eigenvalue weighted by Crippen LogP contribution is -2.45. The minimum atomic E-state index is -0.0893. The van der Waals surface area contributed by atoms with Crippen molar-refractivity contribution in [2.75, 3.05) is 18.0 Å². The molecule has 1 aromatic carbocycles. The Morgan fingerprint density at radius 3 is 2.59 bits per heavy atom. The summed E-state index contributed by atoms with van der Waals surface area (Å²) in [6, 6.07) is 8.62. The third-order valence-electron chi connectivity index (χ3n) is 7.51. The van der Waals surface area contributed by atoms with E-state index in [4.69, 9.17) is 33.9 Å². The van der Waals surface area contributed by atoms with Gasteiger partial charge in [0, 0.05) is 24.2 Å². The van der Waals surface area contributed by atoms with Crippen molar-refractivity contribution in [3.05, 3.63) is 73.3 Å². The van der Waals surface area contributed by atoms with Crippen molar-refractivity contribution in [1.29, 1.82) is 0 Å². The minimum absolute atomic E-state index is 0.0709. The van der Waals surface area contributed by atoms with Crippen LogP contribution >= 0.6 is 23.2 Å². The van der Waals surface area contributed by atoms with E-state index in [-0.39, 0.29) is 17.0 Å². The number of allylic oxidation sites excluding steroid dienone is 4. The molecule has 168 valence electrons. The predicted molar refractivity (Wildman–Crippen MR) is 131 cm³/mol. The first-order valence-corrected chi connectivity index (χ1v) is 12.0. The summed E-state index contributed by atoms with van der Waals surface area (Å²) >= 11 is 12.7. The van der Waals surface area contributed by atoms with Gasteiger partial charge in [0.2, 0.25) is 0 Å². The van der Waals surface area contributed by atoms with Crippen LogP contribution in [-0.4, -0.2) is 22.6 Å². The summed E-state index contributed by atoms with van der Waals surface area (Å²) in [6.07, 6.45) is 6.43. The number of aryl methyl sites for hydroxylation is 1. The number of hydrogen-bond acceptors (Lipinski definition) is 4. The van der Waals surface area contributed by atoms with Gasteiger partial charge in [0.1, 0.15) is 11.6 Å². The summed E-state index contributed by atoms with van der Waals surface area (Å²) in [4.78, 5) is 20.5. The summed E-state index contributed by atoms with van der Waals surface area (Å²) in [5.74, 6) is 1.39. The Hall–Kier alpha value is -2.08. The van der Waals surface area contributed by atoms with Crippen molar-refractivity contribution < 1.29 is 0 Å². The number of fused-ring (bicyclic) bond motifs is 1. The molecule has 32 heavy (non-hydrogen) atoms. The van der Waals surface area contributed by atoms with E-state index in [9.17, 15) is 4.79 Å². The van der Waals surface area contributed by atoms with Gasteiger partial charge in [0.15, 0.2) is 0 Å². The molecule has 7 heteroatoms. The molecule has 3 aliphatic rings. The minimum Gasteiger partial charge on any atom is -0.356 e. The molecule has 1 saturated heterocycles. The molecule has 1 fully saturated rings. The van der Waals surface area contributed by atoms with Crippen LogP contribution in [0, 0.1) is 19.3 Å². The second-order valence-corrected chi connectivity index (χ2v) is 10.1. The van der Waals surface area contributed by atoms with Gasteiger partial charge in [-0.05, 0) is 62.5 Å². The van der Waals surface area contributed by atoms with Gasteiger partial charge in [-0.1, -0.05) is 53.5 Å². The average Bonchev–Trinajstić information content (AvgIpc) is 3.06. The molecule has 5 nitrogen and oxygen atoms in total.